The molecule has 5 heteroatoms. The third-order valence-electron chi connectivity index (χ3n) is 2.40. The lowest BCUT2D eigenvalue weighted by atomic mass is 10.1. The molecule has 1 rings (SSSR count). The van der Waals surface area contributed by atoms with E-state index in [0.29, 0.717) is 6.54 Å². The first-order chi connectivity index (χ1) is 8.04. The van der Waals surface area contributed by atoms with E-state index in [9.17, 15) is 13.6 Å². The first kappa shape index (κ1) is 13.7. The number of nitrogens with one attached hydrogen (secondary N) is 1. The number of nitrogens with zero attached hydrogens (tertiary/aromatic N) is 1. The van der Waals surface area contributed by atoms with Gasteiger partial charge < -0.3 is 5.32 Å². The van der Waals surface area contributed by atoms with Crippen LogP contribution in [0.25, 0.3) is 0 Å². The average molecular weight is 242 g/mol. The summed E-state index contributed by atoms with van der Waals surface area (Å²) in [5.74, 6) is -2.15. The molecule has 0 atom stereocenters. The molecule has 0 bridgehead atoms. The summed E-state index contributed by atoms with van der Waals surface area (Å²) in [5, 5.41) is 2.97. The van der Waals surface area contributed by atoms with Gasteiger partial charge in [-0.2, -0.15) is 0 Å². The predicted molar refractivity (Wildman–Crippen MR) is 62.1 cm³/mol. The minimum absolute atomic E-state index is 0.187. The number of likely N-dealkylation sites (N-methyl/N-ethyl adjacent to an activating group) is 2. The van der Waals surface area contributed by atoms with E-state index < -0.39 is 11.6 Å². The second-order valence-corrected chi connectivity index (χ2v) is 3.89. The molecule has 0 aliphatic rings. The van der Waals surface area contributed by atoms with Crippen LogP contribution >= 0.6 is 0 Å². The van der Waals surface area contributed by atoms with Crippen molar-refractivity contribution in [2.45, 2.75) is 0 Å². The quantitative estimate of drug-likeness (QED) is 0.763. The molecule has 0 heterocycles. The van der Waals surface area contributed by atoms with Gasteiger partial charge in [-0.25, -0.2) is 8.78 Å². The van der Waals surface area contributed by atoms with Crippen molar-refractivity contribution in [1.29, 1.82) is 0 Å². The Bertz CT molecular complexity index is 396. The van der Waals surface area contributed by atoms with Gasteiger partial charge in [-0.15, -0.1) is 0 Å². The van der Waals surface area contributed by atoms with Crippen molar-refractivity contribution in [3.63, 3.8) is 0 Å². The molecule has 0 spiro atoms. The van der Waals surface area contributed by atoms with Gasteiger partial charge >= 0.3 is 0 Å². The van der Waals surface area contributed by atoms with Crippen molar-refractivity contribution in [2.24, 2.45) is 0 Å². The fourth-order valence-electron chi connectivity index (χ4n) is 1.39. The van der Waals surface area contributed by atoms with Gasteiger partial charge in [-0.05, 0) is 32.3 Å². The predicted octanol–water partition coefficient (Wildman–Crippen LogP) is 1.30. The summed E-state index contributed by atoms with van der Waals surface area (Å²) in [6.45, 7) is 1.67. The largest absolute Gasteiger partial charge is 0.318 e. The van der Waals surface area contributed by atoms with Crippen LogP contribution in [0.1, 0.15) is 10.4 Å². The Hall–Kier alpha value is -1.33. The van der Waals surface area contributed by atoms with Crippen molar-refractivity contribution >= 4 is 5.78 Å². The molecule has 0 amide bonds. The number of Topliss-reactive ketones (excluding diaryl/α,β-unsaturated/α-hetero) is 1. The van der Waals surface area contributed by atoms with E-state index in [2.05, 4.69) is 5.32 Å². The van der Waals surface area contributed by atoms with Crippen LogP contribution in [0, 0.1) is 11.6 Å². The Morgan fingerprint density at radius 3 is 2.65 bits per heavy atom. The maximum Gasteiger partial charge on any atom is 0.176 e. The van der Waals surface area contributed by atoms with Gasteiger partial charge in [0.2, 0.25) is 0 Å². The third-order valence-corrected chi connectivity index (χ3v) is 2.40. The van der Waals surface area contributed by atoms with Gasteiger partial charge in [-0.1, -0.05) is 0 Å². The summed E-state index contributed by atoms with van der Waals surface area (Å²) in [6, 6.07) is 3.20. The van der Waals surface area contributed by atoms with Crippen LogP contribution in [-0.2, 0) is 0 Å². The minimum atomic E-state index is -0.992. The molecule has 17 heavy (non-hydrogen) atoms. The molecule has 0 unspecified atom stereocenters. The standard InChI is InChI=1S/C12H16F2N2O/c1-15-5-6-16(2)8-12(17)9-3-4-10(13)11(14)7-9/h3-4,7,15H,5-6,8H2,1-2H3. The van der Waals surface area contributed by atoms with Crippen LogP contribution in [-0.4, -0.2) is 44.4 Å². The molecule has 0 aliphatic carbocycles. The molecule has 0 saturated carbocycles. The molecule has 94 valence electrons. The molecular weight excluding hydrogens is 226 g/mol. The van der Waals surface area contributed by atoms with Gasteiger partial charge in [0.25, 0.3) is 0 Å². The molecule has 0 saturated heterocycles. The molecule has 0 aromatic heterocycles. The number of rotatable bonds is 6. The summed E-state index contributed by atoms with van der Waals surface area (Å²) in [7, 11) is 3.63. The first-order valence-corrected chi connectivity index (χ1v) is 5.36. The van der Waals surface area contributed by atoms with E-state index in [1.165, 1.54) is 6.07 Å². The molecule has 1 aromatic carbocycles. The summed E-state index contributed by atoms with van der Waals surface area (Å²) >= 11 is 0. The van der Waals surface area contributed by atoms with Crippen molar-refractivity contribution in [1.82, 2.24) is 10.2 Å². The zero-order valence-electron chi connectivity index (χ0n) is 9.96. The number of carbonyl (C=O) groups excluding carboxylic acids is 1. The Morgan fingerprint density at radius 1 is 1.35 bits per heavy atom. The van der Waals surface area contributed by atoms with E-state index in [1.54, 1.807) is 7.05 Å². The number of hydrogen-bond acceptors (Lipinski definition) is 3. The van der Waals surface area contributed by atoms with Crippen LogP contribution in [0.3, 0.4) is 0 Å². The molecule has 0 fully saturated rings. The highest BCUT2D eigenvalue weighted by Crippen LogP contribution is 2.09. The Balaban J connectivity index is 2.60. The highest BCUT2D eigenvalue weighted by Gasteiger charge is 2.11. The van der Waals surface area contributed by atoms with Crippen LogP contribution in [0.5, 0.6) is 0 Å². The molecule has 0 aliphatic heterocycles. The van der Waals surface area contributed by atoms with E-state index in [1.807, 2.05) is 11.9 Å². The fourth-order valence-corrected chi connectivity index (χ4v) is 1.39. The Labute approximate surface area is 99.4 Å². The highest BCUT2D eigenvalue weighted by atomic mass is 19.2. The lowest BCUT2D eigenvalue weighted by molar-refractivity contribution is 0.0946. The summed E-state index contributed by atoms with van der Waals surface area (Å²) in [5.41, 5.74) is 0.195. The van der Waals surface area contributed by atoms with Crippen molar-refractivity contribution in [2.75, 3.05) is 33.7 Å². The maximum atomic E-state index is 12.9. The Morgan fingerprint density at radius 2 is 2.06 bits per heavy atom. The molecule has 1 N–H and O–H groups in total. The van der Waals surface area contributed by atoms with Gasteiger partial charge in [-0.3, -0.25) is 9.69 Å². The molecule has 0 radical (unpaired) electrons. The topological polar surface area (TPSA) is 32.3 Å². The lowest BCUT2D eigenvalue weighted by Crippen LogP contribution is -2.31. The monoisotopic (exact) mass is 242 g/mol. The smallest absolute Gasteiger partial charge is 0.176 e. The zero-order chi connectivity index (χ0) is 12.8. The van der Waals surface area contributed by atoms with Crippen LogP contribution in [0.4, 0.5) is 8.78 Å². The van der Waals surface area contributed by atoms with Crippen molar-refractivity contribution in [3.8, 4) is 0 Å². The third kappa shape index (κ3) is 4.20. The van der Waals surface area contributed by atoms with E-state index in [0.717, 1.165) is 18.7 Å². The second-order valence-electron chi connectivity index (χ2n) is 3.89. The summed E-state index contributed by atoms with van der Waals surface area (Å²) < 4.78 is 25.6. The average Bonchev–Trinajstić information content (AvgIpc) is 2.30. The number of hydrogen-bond donors (Lipinski definition) is 1. The van der Waals surface area contributed by atoms with Gasteiger partial charge in [0.1, 0.15) is 0 Å². The summed E-state index contributed by atoms with van der Waals surface area (Å²) in [6.07, 6.45) is 0. The van der Waals surface area contributed by atoms with E-state index in [-0.39, 0.29) is 17.9 Å². The molecule has 3 nitrogen and oxygen atoms in total. The minimum Gasteiger partial charge on any atom is -0.318 e. The zero-order valence-corrected chi connectivity index (χ0v) is 9.96. The molecule has 1 aromatic rings. The van der Waals surface area contributed by atoms with Gasteiger partial charge in [0.15, 0.2) is 17.4 Å². The SMILES string of the molecule is CNCCN(C)CC(=O)c1ccc(F)c(F)c1. The van der Waals surface area contributed by atoms with Crippen molar-refractivity contribution in [3.05, 3.63) is 35.4 Å². The van der Waals surface area contributed by atoms with E-state index in [4.69, 9.17) is 0 Å². The Kier molecular flexibility index (Phi) is 5.18. The lowest BCUT2D eigenvalue weighted by Gasteiger charge is -2.15. The highest BCUT2D eigenvalue weighted by molar-refractivity contribution is 5.97. The fraction of sp³-hybridized carbons (Fsp3) is 0.417. The van der Waals surface area contributed by atoms with Gasteiger partial charge in [0.05, 0.1) is 6.54 Å². The number of carbonyl (C=O) groups is 1. The number of ketones is 1. The number of benzene rings is 1. The van der Waals surface area contributed by atoms with Crippen LogP contribution < -0.4 is 5.32 Å². The number of halogens is 2. The van der Waals surface area contributed by atoms with Crippen LogP contribution in [0.15, 0.2) is 18.2 Å². The normalized spacial score (nSPS) is 10.9. The maximum absolute atomic E-state index is 12.9. The van der Waals surface area contributed by atoms with E-state index >= 15 is 0 Å². The first-order valence-electron chi connectivity index (χ1n) is 5.36. The van der Waals surface area contributed by atoms with Crippen LogP contribution in [0.2, 0.25) is 0 Å². The van der Waals surface area contributed by atoms with Crippen molar-refractivity contribution < 1.29 is 13.6 Å². The van der Waals surface area contributed by atoms with Gasteiger partial charge in [0, 0.05) is 18.7 Å². The summed E-state index contributed by atoms with van der Waals surface area (Å²) in [4.78, 5) is 13.6. The molecular formula is C12H16F2N2O. The second kappa shape index (κ2) is 6.42.